The fourth-order valence-corrected chi connectivity index (χ4v) is 3.28. The first-order chi connectivity index (χ1) is 9.03. The maximum absolute atomic E-state index is 11.7. The number of nitrogens with zero attached hydrogens (tertiary/aromatic N) is 1. The van der Waals surface area contributed by atoms with E-state index in [1.807, 2.05) is 32.0 Å². The summed E-state index contributed by atoms with van der Waals surface area (Å²) in [5.74, 6) is 0.759. The number of aliphatic hydroxyl groups is 1. The predicted molar refractivity (Wildman–Crippen MR) is 81.1 cm³/mol. The molecule has 1 aromatic heterocycles. The molecule has 0 aliphatic heterocycles. The summed E-state index contributed by atoms with van der Waals surface area (Å²) in [6, 6.07) is 5.77. The molecule has 0 radical (unpaired) electrons. The fourth-order valence-electron chi connectivity index (χ4n) is 1.41. The van der Waals surface area contributed by atoms with Crippen LogP contribution in [0.2, 0.25) is 0 Å². The van der Waals surface area contributed by atoms with E-state index in [1.54, 1.807) is 27.8 Å². The van der Waals surface area contributed by atoms with Crippen molar-refractivity contribution in [3.8, 4) is 0 Å². The van der Waals surface area contributed by atoms with E-state index in [0.717, 1.165) is 10.8 Å². The molecule has 1 aromatic rings. The first-order valence-electron chi connectivity index (χ1n) is 6.16. The molecule has 0 aliphatic rings. The van der Waals surface area contributed by atoms with Crippen molar-refractivity contribution >= 4 is 27.5 Å². The molecule has 0 saturated heterocycles. The van der Waals surface area contributed by atoms with Gasteiger partial charge >= 0.3 is 0 Å². The van der Waals surface area contributed by atoms with Crippen molar-refractivity contribution in [2.75, 3.05) is 12.4 Å². The Morgan fingerprint density at radius 3 is 2.89 bits per heavy atom. The Kier molecular flexibility index (Phi) is 7.27. The number of hydrogen-bond acceptors (Lipinski definition) is 5. The molecule has 0 fully saturated rings. The number of carbonyl (C=O) groups excluding carboxylic acids is 1. The molecule has 0 unspecified atom stereocenters. The van der Waals surface area contributed by atoms with Crippen LogP contribution in [0, 0.1) is 0 Å². The molecule has 6 heteroatoms. The minimum absolute atomic E-state index is 0.0209. The maximum atomic E-state index is 11.7. The summed E-state index contributed by atoms with van der Waals surface area (Å²) in [6.07, 6.45) is 2.79. The average Bonchev–Trinajstić information content (AvgIpc) is 2.35. The number of aromatic nitrogens is 1. The second kappa shape index (κ2) is 8.45. The summed E-state index contributed by atoms with van der Waals surface area (Å²) < 4.78 is 0. The zero-order chi connectivity index (χ0) is 14.1. The molecule has 0 atom stereocenters. The Bertz CT molecular complexity index is 385. The van der Waals surface area contributed by atoms with Crippen LogP contribution in [0.1, 0.15) is 26.7 Å². The summed E-state index contributed by atoms with van der Waals surface area (Å²) >= 11 is 0. The van der Waals surface area contributed by atoms with Gasteiger partial charge in [0.25, 0.3) is 0 Å². The summed E-state index contributed by atoms with van der Waals surface area (Å²) in [5.41, 5.74) is -0.343. The standard InChI is InChI=1S/C13H20N2O2S2/c1-13(2,7-9-16)15-11(17)6-10-18-19-12-5-3-4-8-14-12/h3-5,8,16H,6-7,9-10H2,1-2H3,(H,15,17). The smallest absolute Gasteiger partial charge is 0.221 e. The first-order valence-corrected chi connectivity index (χ1v) is 8.48. The van der Waals surface area contributed by atoms with Gasteiger partial charge in [-0.1, -0.05) is 16.9 Å². The third-order valence-electron chi connectivity index (χ3n) is 2.41. The molecule has 0 aliphatic carbocycles. The summed E-state index contributed by atoms with van der Waals surface area (Å²) in [5, 5.41) is 12.8. The molecular weight excluding hydrogens is 280 g/mol. The molecule has 0 saturated carbocycles. The number of nitrogens with one attached hydrogen (secondary N) is 1. The van der Waals surface area contributed by atoms with Crippen molar-refractivity contribution < 1.29 is 9.90 Å². The molecule has 0 spiro atoms. The van der Waals surface area contributed by atoms with Crippen molar-refractivity contribution in [2.24, 2.45) is 0 Å². The van der Waals surface area contributed by atoms with Crippen molar-refractivity contribution in [3.05, 3.63) is 24.4 Å². The van der Waals surface area contributed by atoms with Gasteiger partial charge in [-0.25, -0.2) is 4.98 Å². The maximum Gasteiger partial charge on any atom is 0.221 e. The summed E-state index contributed by atoms with van der Waals surface area (Å²) in [4.78, 5) is 15.9. The van der Waals surface area contributed by atoms with Gasteiger partial charge in [-0.3, -0.25) is 4.79 Å². The SMILES string of the molecule is CC(C)(CCO)NC(=O)CCSSc1ccccn1. The molecular formula is C13H20N2O2S2. The lowest BCUT2D eigenvalue weighted by Gasteiger charge is -2.25. The molecule has 1 amide bonds. The van der Waals surface area contributed by atoms with E-state index >= 15 is 0 Å². The summed E-state index contributed by atoms with van der Waals surface area (Å²) in [6.45, 7) is 3.91. The third kappa shape index (κ3) is 7.44. The Balaban J connectivity index is 2.17. The minimum atomic E-state index is -0.343. The highest BCUT2D eigenvalue weighted by atomic mass is 33.1. The number of pyridine rings is 1. The van der Waals surface area contributed by atoms with Crippen LogP contribution in [0.4, 0.5) is 0 Å². The van der Waals surface area contributed by atoms with Crippen LogP contribution >= 0.6 is 21.6 Å². The fraction of sp³-hybridized carbons (Fsp3) is 0.538. The zero-order valence-electron chi connectivity index (χ0n) is 11.3. The second-order valence-electron chi connectivity index (χ2n) is 4.73. The first kappa shape index (κ1) is 16.3. The predicted octanol–water partition coefficient (Wildman–Crippen LogP) is 2.49. The number of carbonyl (C=O) groups is 1. The van der Waals surface area contributed by atoms with Crippen LogP contribution in [0.15, 0.2) is 29.4 Å². The molecule has 0 bridgehead atoms. The van der Waals surface area contributed by atoms with Crippen LogP contribution in [0.3, 0.4) is 0 Å². The van der Waals surface area contributed by atoms with E-state index in [2.05, 4.69) is 10.3 Å². The minimum Gasteiger partial charge on any atom is -0.396 e. The van der Waals surface area contributed by atoms with E-state index in [1.165, 1.54) is 0 Å². The van der Waals surface area contributed by atoms with Gasteiger partial charge in [-0.15, -0.1) is 0 Å². The van der Waals surface area contributed by atoms with Crippen LogP contribution in [-0.4, -0.2) is 33.9 Å². The van der Waals surface area contributed by atoms with Gasteiger partial charge in [0.05, 0.1) is 0 Å². The van der Waals surface area contributed by atoms with Crippen LogP contribution in [0.5, 0.6) is 0 Å². The molecule has 1 heterocycles. The lowest BCUT2D eigenvalue weighted by Crippen LogP contribution is -2.44. The molecule has 19 heavy (non-hydrogen) atoms. The Morgan fingerprint density at radius 1 is 1.47 bits per heavy atom. The highest BCUT2D eigenvalue weighted by molar-refractivity contribution is 8.76. The van der Waals surface area contributed by atoms with Gasteiger partial charge < -0.3 is 10.4 Å². The van der Waals surface area contributed by atoms with Gasteiger partial charge in [-0.05, 0) is 43.2 Å². The topological polar surface area (TPSA) is 62.2 Å². The molecule has 106 valence electrons. The van der Waals surface area contributed by atoms with Gasteiger partial charge in [0.15, 0.2) is 0 Å². The van der Waals surface area contributed by atoms with Crippen molar-refractivity contribution in [2.45, 2.75) is 37.3 Å². The third-order valence-corrected chi connectivity index (χ3v) is 4.68. The zero-order valence-corrected chi connectivity index (χ0v) is 12.9. The second-order valence-corrected chi connectivity index (χ2v) is 7.16. The van der Waals surface area contributed by atoms with E-state index < -0.39 is 0 Å². The van der Waals surface area contributed by atoms with Gasteiger partial charge in [0, 0.05) is 30.5 Å². The number of rotatable bonds is 8. The molecule has 4 nitrogen and oxygen atoms in total. The number of amides is 1. The van der Waals surface area contributed by atoms with Gasteiger partial charge in [0.2, 0.25) is 5.91 Å². The lowest BCUT2D eigenvalue weighted by atomic mass is 10.0. The van der Waals surface area contributed by atoms with Gasteiger partial charge in [-0.2, -0.15) is 0 Å². The highest BCUT2D eigenvalue weighted by Gasteiger charge is 2.19. The van der Waals surface area contributed by atoms with Crippen molar-refractivity contribution in [1.82, 2.24) is 10.3 Å². The van der Waals surface area contributed by atoms with Crippen molar-refractivity contribution in [1.29, 1.82) is 0 Å². The largest absolute Gasteiger partial charge is 0.396 e. The van der Waals surface area contributed by atoms with Crippen LogP contribution < -0.4 is 5.32 Å². The summed E-state index contributed by atoms with van der Waals surface area (Å²) in [7, 11) is 3.19. The van der Waals surface area contributed by atoms with E-state index in [4.69, 9.17) is 5.11 Å². The molecule has 0 aromatic carbocycles. The van der Waals surface area contributed by atoms with Gasteiger partial charge in [0.1, 0.15) is 5.03 Å². The van der Waals surface area contributed by atoms with E-state index in [0.29, 0.717) is 12.8 Å². The molecule has 2 N–H and O–H groups in total. The highest BCUT2D eigenvalue weighted by Crippen LogP contribution is 2.29. The lowest BCUT2D eigenvalue weighted by molar-refractivity contribution is -0.122. The van der Waals surface area contributed by atoms with E-state index in [9.17, 15) is 4.79 Å². The molecule has 1 rings (SSSR count). The van der Waals surface area contributed by atoms with Crippen LogP contribution in [0.25, 0.3) is 0 Å². The van der Waals surface area contributed by atoms with E-state index in [-0.39, 0.29) is 18.1 Å². The number of aliphatic hydroxyl groups excluding tert-OH is 1. The Labute approximate surface area is 122 Å². The average molecular weight is 300 g/mol. The Morgan fingerprint density at radius 2 is 2.26 bits per heavy atom. The normalized spacial score (nSPS) is 11.3. The Hall–Kier alpha value is -0.720. The number of hydrogen-bond donors (Lipinski definition) is 2. The van der Waals surface area contributed by atoms with Crippen LogP contribution in [-0.2, 0) is 4.79 Å². The quantitative estimate of drug-likeness (QED) is 0.570. The van der Waals surface area contributed by atoms with Crippen molar-refractivity contribution in [3.63, 3.8) is 0 Å². The monoisotopic (exact) mass is 300 g/mol.